The van der Waals surface area contributed by atoms with E-state index in [-0.39, 0.29) is 35.5 Å². The highest BCUT2D eigenvalue weighted by atomic mass is 16.5. The summed E-state index contributed by atoms with van der Waals surface area (Å²) in [5.41, 5.74) is 1.01. The van der Waals surface area contributed by atoms with Crippen molar-refractivity contribution in [2.75, 3.05) is 34.4 Å². The van der Waals surface area contributed by atoms with Gasteiger partial charge in [-0.3, -0.25) is 19.5 Å². The summed E-state index contributed by atoms with van der Waals surface area (Å²) in [6.07, 6.45) is 5.17. The number of likely N-dealkylation sites (tertiary alicyclic amines) is 1. The molecule has 30 heavy (non-hydrogen) atoms. The van der Waals surface area contributed by atoms with Crippen LogP contribution in [-0.4, -0.2) is 57.0 Å². The highest BCUT2D eigenvalue weighted by Crippen LogP contribution is 2.52. The molecule has 4 atom stereocenters. The van der Waals surface area contributed by atoms with Crippen LogP contribution in [0.3, 0.4) is 0 Å². The minimum atomic E-state index is -0.144. The van der Waals surface area contributed by atoms with Gasteiger partial charge in [0.05, 0.1) is 26.1 Å². The van der Waals surface area contributed by atoms with Gasteiger partial charge in [-0.2, -0.15) is 0 Å². The maximum atomic E-state index is 12.7. The van der Waals surface area contributed by atoms with Gasteiger partial charge in [0.1, 0.15) is 0 Å². The third-order valence-electron chi connectivity index (χ3n) is 6.32. The molecule has 2 amide bonds. The number of aliphatic imine (C=N–C) groups is 1. The summed E-state index contributed by atoms with van der Waals surface area (Å²) in [4.78, 5) is 31.1. The fraction of sp³-hybridized carbons (Fsp3) is 0.500. The molecule has 1 heterocycles. The standard InChI is InChI=1S/C22H28N4O4/c1-23-22(25-12-13-4-7-16(29-2)17(10-13)30-3)24-8-9-26-20(27)18-14-5-6-15(11-14)19(18)21(26)28/h4-7,10,14-15,18-19H,8-9,11-12H2,1-3H3,(H2,23,24,25). The lowest BCUT2D eigenvalue weighted by Gasteiger charge is -2.19. The van der Waals surface area contributed by atoms with Crippen LogP contribution in [-0.2, 0) is 16.1 Å². The van der Waals surface area contributed by atoms with E-state index >= 15 is 0 Å². The molecular formula is C22H28N4O4. The Hall–Kier alpha value is -3.03. The number of carbonyl (C=O) groups is 2. The van der Waals surface area contributed by atoms with Crippen molar-refractivity contribution in [2.24, 2.45) is 28.7 Å². The van der Waals surface area contributed by atoms with Crippen molar-refractivity contribution >= 4 is 17.8 Å². The van der Waals surface area contributed by atoms with Gasteiger partial charge in [0.2, 0.25) is 11.8 Å². The molecule has 8 nitrogen and oxygen atoms in total. The molecule has 1 aliphatic heterocycles. The zero-order chi connectivity index (χ0) is 21.3. The number of benzene rings is 1. The van der Waals surface area contributed by atoms with Gasteiger partial charge >= 0.3 is 0 Å². The molecule has 1 aromatic carbocycles. The first-order chi connectivity index (χ1) is 14.6. The minimum absolute atomic E-state index is 0.0167. The van der Waals surface area contributed by atoms with Crippen LogP contribution in [0.4, 0.5) is 0 Å². The summed E-state index contributed by atoms with van der Waals surface area (Å²) in [6, 6.07) is 5.71. The molecule has 2 N–H and O–H groups in total. The van der Waals surface area contributed by atoms with E-state index in [2.05, 4.69) is 27.8 Å². The molecule has 0 aromatic heterocycles. The third kappa shape index (κ3) is 3.51. The summed E-state index contributed by atoms with van der Waals surface area (Å²) in [5, 5.41) is 6.41. The van der Waals surface area contributed by atoms with Gasteiger partial charge < -0.3 is 20.1 Å². The van der Waals surface area contributed by atoms with Crippen molar-refractivity contribution in [1.82, 2.24) is 15.5 Å². The maximum Gasteiger partial charge on any atom is 0.233 e. The van der Waals surface area contributed by atoms with E-state index < -0.39 is 0 Å². The molecule has 4 unspecified atom stereocenters. The lowest BCUT2D eigenvalue weighted by atomic mass is 9.85. The van der Waals surface area contributed by atoms with E-state index in [9.17, 15) is 9.59 Å². The average molecular weight is 412 g/mol. The first-order valence-corrected chi connectivity index (χ1v) is 10.3. The van der Waals surface area contributed by atoms with E-state index in [1.807, 2.05) is 18.2 Å². The summed E-state index contributed by atoms with van der Waals surface area (Å²) in [7, 11) is 4.89. The number of hydrogen-bond acceptors (Lipinski definition) is 5. The molecular weight excluding hydrogens is 384 g/mol. The number of allylic oxidation sites excluding steroid dienone is 2. The van der Waals surface area contributed by atoms with Crippen LogP contribution < -0.4 is 20.1 Å². The molecule has 1 aromatic rings. The predicted octanol–water partition coefficient (Wildman–Crippen LogP) is 1.18. The van der Waals surface area contributed by atoms with Gasteiger partial charge in [-0.1, -0.05) is 18.2 Å². The summed E-state index contributed by atoms with van der Waals surface area (Å²) in [6.45, 7) is 1.34. The van der Waals surface area contributed by atoms with E-state index in [0.717, 1.165) is 12.0 Å². The monoisotopic (exact) mass is 412 g/mol. The van der Waals surface area contributed by atoms with Crippen LogP contribution in [0.1, 0.15) is 12.0 Å². The molecule has 2 bridgehead atoms. The lowest BCUT2D eigenvalue weighted by Crippen LogP contribution is -2.43. The number of nitrogens with zero attached hydrogens (tertiary/aromatic N) is 2. The van der Waals surface area contributed by atoms with Crippen molar-refractivity contribution in [3.8, 4) is 11.5 Å². The number of guanidine groups is 1. The van der Waals surface area contributed by atoms with Crippen LogP contribution in [0, 0.1) is 23.7 Å². The molecule has 2 fully saturated rings. The maximum absolute atomic E-state index is 12.7. The van der Waals surface area contributed by atoms with Crippen LogP contribution in [0.5, 0.6) is 11.5 Å². The Morgan fingerprint density at radius 3 is 2.33 bits per heavy atom. The lowest BCUT2D eigenvalue weighted by molar-refractivity contribution is -0.140. The van der Waals surface area contributed by atoms with Gasteiger partial charge in [-0.05, 0) is 36.0 Å². The molecule has 1 saturated heterocycles. The average Bonchev–Trinajstić information content (AvgIpc) is 3.45. The van der Waals surface area contributed by atoms with E-state index in [1.165, 1.54) is 4.90 Å². The zero-order valence-electron chi connectivity index (χ0n) is 17.6. The first kappa shape index (κ1) is 20.3. The second-order valence-electron chi connectivity index (χ2n) is 7.87. The van der Waals surface area contributed by atoms with Crippen LogP contribution >= 0.6 is 0 Å². The Bertz CT molecular complexity index is 867. The largest absolute Gasteiger partial charge is 0.493 e. The fourth-order valence-electron chi connectivity index (χ4n) is 4.87. The molecule has 0 radical (unpaired) electrons. The number of ether oxygens (including phenoxy) is 2. The Morgan fingerprint density at radius 1 is 1.07 bits per heavy atom. The second kappa shape index (κ2) is 8.38. The fourth-order valence-corrected chi connectivity index (χ4v) is 4.87. The first-order valence-electron chi connectivity index (χ1n) is 10.3. The topological polar surface area (TPSA) is 92.3 Å². The van der Waals surface area contributed by atoms with Crippen molar-refractivity contribution in [2.45, 2.75) is 13.0 Å². The number of fused-ring (bicyclic) bond motifs is 5. The highest BCUT2D eigenvalue weighted by Gasteiger charge is 2.58. The summed E-state index contributed by atoms with van der Waals surface area (Å²) >= 11 is 0. The third-order valence-corrected chi connectivity index (χ3v) is 6.32. The van der Waals surface area contributed by atoms with Crippen LogP contribution in [0.2, 0.25) is 0 Å². The Morgan fingerprint density at radius 2 is 1.73 bits per heavy atom. The van der Waals surface area contributed by atoms with E-state index in [0.29, 0.717) is 37.1 Å². The van der Waals surface area contributed by atoms with Crippen molar-refractivity contribution in [3.05, 3.63) is 35.9 Å². The second-order valence-corrected chi connectivity index (χ2v) is 7.87. The Balaban J connectivity index is 1.28. The molecule has 8 heteroatoms. The van der Waals surface area contributed by atoms with Crippen LogP contribution in [0.25, 0.3) is 0 Å². The number of hydrogen-bond donors (Lipinski definition) is 2. The Labute approximate surface area is 176 Å². The molecule has 2 aliphatic carbocycles. The molecule has 4 rings (SSSR count). The number of rotatable bonds is 7. The van der Waals surface area contributed by atoms with Gasteiger partial charge in [0.15, 0.2) is 17.5 Å². The van der Waals surface area contributed by atoms with Crippen LogP contribution in [0.15, 0.2) is 35.3 Å². The van der Waals surface area contributed by atoms with Crippen molar-refractivity contribution < 1.29 is 19.1 Å². The number of imide groups is 1. The quantitative estimate of drug-likeness (QED) is 0.302. The molecule has 0 spiro atoms. The summed E-state index contributed by atoms with van der Waals surface area (Å²) < 4.78 is 10.6. The van der Waals surface area contributed by atoms with Gasteiger partial charge in [0.25, 0.3) is 0 Å². The highest BCUT2D eigenvalue weighted by molar-refractivity contribution is 6.06. The van der Waals surface area contributed by atoms with E-state index in [1.54, 1.807) is 21.3 Å². The van der Waals surface area contributed by atoms with Crippen molar-refractivity contribution in [1.29, 1.82) is 0 Å². The molecule has 160 valence electrons. The van der Waals surface area contributed by atoms with Gasteiger partial charge in [-0.25, -0.2) is 0 Å². The van der Waals surface area contributed by atoms with Gasteiger partial charge in [-0.15, -0.1) is 0 Å². The minimum Gasteiger partial charge on any atom is -0.493 e. The smallest absolute Gasteiger partial charge is 0.233 e. The van der Waals surface area contributed by atoms with E-state index in [4.69, 9.17) is 9.47 Å². The zero-order valence-corrected chi connectivity index (χ0v) is 17.6. The normalized spacial score (nSPS) is 26.9. The number of nitrogens with one attached hydrogen (secondary N) is 2. The predicted molar refractivity (Wildman–Crippen MR) is 112 cm³/mol. The summed E-state index contributed by atoms with van der Waals surface area (Å²) in [5.74, 6) is 2.11. The molecule has 3 aliphatic rings. The molecule has 1 saturated carbocycles. The number of methoxy groups -OCH3 is 2. The SMILES string of the molecule is CN=C(NCCN1C(=O)C2C3C=CC(C3)C2C1=O)NCc1ccc(OC)c(OC)c1. The van der Waals surface area contributed by atoms with Gasteiger partial charge in [0, 0.05) is 26.7 Å². The van der Waals surface area contributed by atoms with Crippen molar-refractivity contribution in [3.63, 3.8) is 0 Å². The number of amides is 2. The number of carbonyl (C=O) groups excluding carboxylic acids is 2. The Kier molecular flexibility index (Phi) is 5.65.